The first-order valence-corrected chi connectivity index (χ1v) is 10.3. The van der Waals surface area contributed by atoms with Gasteiger partial charge in [-0.25, -0.2) is 8.42 Å². The molecule has 128 valence electrons. The van der Waals surface area contributed by atoms with Crippen molar-refractivity contribution in [3.8, 4) is 0 Å². The molecule has 22 heavy (non-hydrogen) atoms. The maximum atomic E-state index is 12.5. The highest BCUT2D eigenvalue weighted by Crippen LogP contribution is 2.19. The summed E-state index contributed by atoms with van der Waals surface area (Å²) in [5.74, 6) is 0.428. The van der Waals surface area contributed by atoms with Gasteiger partial charge in [-0.3, -0.25) is 9.69 Å². The van der Waals surface area contributed by atoms with Crippen LogP contribution in [0.15, 0.2) is 0 Å². The Bertz CT molecular complexity index is 474. The molecule has 0 spiro atoms. The Balaban J connectivity index is 1.83. The Morgan fingerprint density at radius 2 is 1.95 bits per heavy atom. The quantitative estimate of drug-likeness (QED) is 0.765. The standard InChI is InChI=1S/C15H29N3O3S/c1-17(14-5-7-16-8-6-14)11-15(19)18-9-3-4-13(10-18)12-22(2,20)21/h13-14,16H,3-12H2,1-2H3. The van der Waals surface area contributed by atoms with Crippen LogP contribution in [0.1, 0.15) is 25.7 Å². The lowest BCUT2D eigenvalue weighted by Gasteiger charge is -2.36. The molecule has 1 amide bonds. The number of hydrogen-bond acceptors (Lipinski definition) is 5. The number of sulfone groups is 1. The summed E-state index contributed by atoms with van der Waals surface area (Å²) in [6.07, 6.45) is 5.25. The number of carbonyl (C=O) groups excluding carboxylic acids is 1. The van der Waals surface area contributed by atoms with Gasteiger partial charge in [0.1, 0.15) is 9.84 Å². The number of nitrogens with zero attached hydrogens (tertiary/aromatic N) is 2. The van der Waals surface area contributed by atoms with Crippen LogP contribution in [0.4, 0.5) is 0 Å². The predicted octanol–water partition coefficient (Wildman–Crippen LogP) is -0.0466. The number of likely N-dealkylation sites (N-methyl/N-ethyl adjacent to an activating group) is 1. The molecule has 2 saturated heterocycles. The first kappa shape index (κ1) is 17.7. The zero-order chi connectivity index (χ0) is 16.2. The normalized spacial score (nSPS) is 24.7. The summed E-state index contributed by atoms with van der Waals surface area (Å²) in [5, 5.41) is 3.33. The second-order valence-electron chi connectivity index (χ2n) is 6.84. The molecule has 1 atom stereocenters. The summed E-state index contributed by atoms with van der Waals surface area (Å²) >= 11 is 0. The Labute approximate surface area is 134 Å². The summed E-state index contributed by atoms with van der Waals surface area (Å²) < 4.78 is 22.9. The van der Waals surface area contributed by atoms with E-state index >= 15 is 0 Å². The minimum atomic E-state index is -2.97. The molecule has 2 fully saturated rings. The van der Waals surface area contributed by atoms with Crippen LogP contribution in [0, 0.1) is 5.92 Å². The van der Waals surface area contributed by atoms with Crippen LogP contribution >= 0.6 is 0 Å². The zero-order valence-electron chi connectivity index (χ0n) is 13.8. The molecule has 0 saturated carbocycles. The van der Waals surface area contributed by atoms with Crippen molar-refractivity contribution in [2.45, 2.75) is 31.7 Å². The van der Waals surface area contributed by atoms with Gasteiger partial charge in [-0.05, 0) is 51.7 Å². The van der Waals surface area contributed by atoms with Crippen LogP contribution < -0.4 is 5.32 Å². The van der Waals surface area contributed by atoms with Crippen molar-refractivity contribution in [1.82, 2.24) is 15.1 Å². The largest absolute Gasteiger partial charge is 0.341 e. The van der Waals surface area contributed by atoms with Crippen molar-refractivity contribution < 1.29 is 13.2 Å². The molecule has 2 heterocycles. The van der Waals surface area contributed by atoms with Crippen molar-refractivity contribution in [1.29, 1.82) is 0 Å². The van der Waals surface area contributed by atoms with E-state index in [9.17, 15) is 13.2 Å². The maximum Gasteiger partial charge on any atom is 0.236 e. The molecule has 7 heteroatoms. The average Bonchev–Trinajstić information content (AvgIpc) is 2.46. The number of likely N-dealkylation sites (tertiary alicyclic amines) is 1. The molecule has 0 aromatic heterocycles. The molecular formula is C15H29N3O3S. The van der Waals surface area contributed by atoms with Gasteiger partial charge in [0, 0.05) is 25.4 Å². The van der Waals surface area contributed by atoms with E-state index in [-0.39, 0.29) is 17.6 Å². The van der Waals surface area contributed by atoms with Gasteiger partial charge in [-0.1, -0.05) is 0 Å². The van der Waals surface area contributed by atoms with Crippen LogP contribution in [0.5, 0.6) is 0 Å². The Morgan fingerprint density at radius 3 is 2.59 bits per heavy atom. The molecular weight excluding hydrogens is 302 g/mol. The second-order valence-corrected chi connectivity index (χ2v) is 9.02. The van der Waals surface area contributed by atoms with Crippen LogP contribution in [0.25, 0.3) is 0 Å². The van der Waals surface area contributed by atoms with Crippen molar-refractivity contribution in [2.75, 3.05) is 51.8 Å². The SMILES string of the molecule is CN(CC(=O)N1CCCC(CS(C)(=O)=O)C1)C1CCNCC1. The van der Waals surface area contributed by atoms with Gasteiger partial charge >= 0.3 is 0 Å². The topological polar surface area (TPSA) is 69.7 Å². The van der Waals surface area contributed by atoms with Crippen molar-refractivity contribution in [2.24, 2.45) is 5.92 Å². The third-order valence-corrected chi connectivity index (χ3v) is 5.80. The van der Waals surface area contributed by atoms with Gasteiger partial charge in [0.25, 0.3) is 0 Å². The van der Waals surface area contributed by atoms with E-state index in [0.717, 1.165) is 45.3 Å². The summed E-state index contributed by atoms with van der Waals surface area (Å²) in [6.45, 7) is 3.83. The van der Waals surface area contributed by atoms with Gasteiger partial charge in [0.2, 0.25) is 5.91 Å². The van der Waals surface area contributed by atoms with Crippen molar-refractivity contribution in [3.05, 3.63) is 0 Å². The highest BCUT2D eigenvalue weighted by molar-refractivity contribution is 7.90. The third kappa shape index (κ3) is 5.52. The van der Waals surface area contributed by atoms with Gasteiger partial charge < -0.3 is 10.2 Å². The van der Waals surface area contributed by atoms with Gasteiger partial charge in [0.15, 0.2) is 0 Å². The number of hydrogen-bond donors (Lipinski definition) is 1. The Morgan fingerprint density at radius 1 is 1.27 bits per heavy atom. The summed E-state index contributed by atoms with van der Waals surface area (Å²) in [5.41, 5.74) is 0. The van der Waals surface area contributed by atoms with Crippen LogP contribution in [-0.4, -0.2) is 81.9 Å². The fourth-order valence-electron chi connectivity index (χ4n) is 3.55. The number of amides is 1. The highest BCUT2D eigenvalue weighted by atomic mass is 32.2. The average molecular weight is 331 g/mol. The van der Waals surface area contributed by atoms with Gasteiger partial charge in [-0.15, -0.1) is 0 Å². The Hall–Kier alpha value is -0.660. The molecule has 0 aromatic rings. The molecule has 2 aliphatic heterocycles. The third-order valence-electron chi connectivity index (χ3n) is 4.73. The molecule has 2 rings (SSSR count). The van der Waals surface area contributed by atoms with E-state index < -0.39 is 9.84 Å². The molecule has 2 aliphatic rings. The van der Waals surface area contributed by atoms with Crippen LogP contribution in [-0.2, 0) is 14.6 Å². The van der Waals surface area contributed by atoms with Gasteiger partial charge in [0.05, 0.1) is 12.3 Å². The number of piperidine rings is 2. The van der Waals surface area contributed by atoms with E-state index in [1.54, 1.807) is 0 Å². The number of rotatable bonds is 5. The van der Waals surface area contributed by atoms with E-state index in [4.69, 9.17) is 0 Å². The fourth-order valence-corrected chi connectivity index (χ4v) is 4.67. The van der Waals surface area contributed by atoms with Crippen LogP contribution in [0.2, 0.25) is 0 Å². The van der Waals surface area contributed by atoms with E-state index in [1.165, 1.54) is 6.26 Å². The minimum absolute atomic E-state index is 0.0943. The second kappa shape index (κ2) is 7.75. The molecule has 6 nitrogen and oxygen atoms in total. The number of carbonyl (C=O) groups is 1. The van der Waals surface area contributed by atoms with Crippen molar-refractivity contribution >= 4 is 15.7 Å². The minimum Gasteiger partial charge on any atom is -0.341 e. The fraction of sp³-hybridized carbons (Fsp3) is 0.933. The highest BCUT2D eigenvalue weighted by Gasteiger charge is 2.28. The summed E-state index contributed by atoms with van der Waals surface area (Å²) in [7, 11) is -0.949. The number of nitrogens with one attached hydrogen (secondary N) is 1. The maximum absolute atomic E-state index is 12.5. The molecule has 0 radical (unpaired) electrons. The molecule has 0 aromatic carbocycles. The Kier molecular flexibility index (Phi) is 6.23. The first-order valence-electron chi connectivity index (χ1n) is 8.21. The lowest BCUT2D eigenvalue weighted by atomic mass is 10.00. The van der Waals surface area contributed by atoms with E-state index in [1.807, 2.05) is 11.9 Å². The predicted molar refractivity (Wildman–Crippen MR) is 87.5 cm³/mol. The van der Waals surface area contributed by atoms with E-state index in [0.29, 0.717) is 19.1 Å². The van der Waals surface area contributed by atoms with Crippen molar-refractivity contribution in [3.63, 3.8) is 0 Å². The molecule has 1 unspecified atom stereocenters. The zero-order valence-corrected chi connectivity index (χ0v) is 14.6. The van der Waals surface area contributed by atoms with Crippen LogP contribution in [0.3, 0.4) is 0 Å². The molecule has 0 bridgehead atoms. The van der Waals surface area contributed by atoms with E-state index in [2.05, 4.69) is 10.2 Å². The lowest BCUT2D eigenvalue weighted by Crippen LogP contribution is -2.49. The summed E-state index contributed by atoms with van der Waals surface area (Å²) in [6, 6.07) is 0.474. The summed E-state index contributed by atoms with van der Waals surface area (Å²) in [4.78, 5) is 16.5. The molecule has 0 aliphatic carbocycles. The lowest BCUT2D eigenvalue weighted by molar-refractivity contribution is -0.134. The monoisotopic (exact) mass is 331 g/mol. The van der Waals surface area contributed by atoms with Gasteiger partial charge in [-0.2, -0.15) is 0 Å². The smallest absolute Gasteiger partial charge is 0.236 e. The first-order chi connectivity index (χ1) is 10.3. The molecule has 1 N–H and O–H groups in total.